The van der Waals surface area contributed by atoms with Crippen LogP contribution in [-0.4, -0.2) is 23.1 Å². The summed E-state index contributed by atoms with van der Waals surface area (Å²) in [4.78, 5) is 0. The summed E-state index contributed by atoms with van der Waals surface area (Å²) in [7, 11) is 0. The van der Waals surface area contributed by atoms with Crippen LogP contribution in [0.1, 0.15) is 91.4 Å². The number of unbranched alkanes of at least 4 members (excludes halogenated alkanes) is 10. The van der Waals surface area contributed by atoms with Gasteiger partial charge < -0.3 is 13.3 Å². The summed E-state index contributed by atoms with van der Waals surface area (Å²) < 4.78 is 0. The summed E-state index contributed by atoms with van der Waals surface area (Å²) in [6.45, 7) is 10.2. The maximum atomic E-state index is 3.60. The van der Waals surface area contributed by atoms with Gasteiger partial charge in [0, 0.05) is 0 Å². The van der Waals surface area contributed by atoms with Crippen LogP contribution in [0.5, 0.6) is 0 Å². The third-order valence-electron chi connectivity index (χ3n) is 2.61. The predicted octanol–water partition coefficient (Wildman–Crippen LogP) is 5.98. The molecule has 0 saturated carbocycles. The van der Waals surface area contributed by atoms with Crippen LogP contribution < -0.4 is 0 Å². The van der Waals surface area contributed by atoms with E-state index in [0.717, 1.165) is 6.42 Å². The molecule has 0 rings (SSSR count). The van der Waals surface area contributed by atoms with Crippen molar-refractivity contribution in [1.82, 2.24) is 0 Å². The van der Waals surface area contributed by atoms with E-state index >= 15 is 0 Å². The van der Waals surface area contributed by atoms with Crippen molar-refractivity contribution in [3.63, 3.8) is 0 Å². The van der Waals surface area contributed by atoms with Gasteiger partial charge in [-0.05, 0) is 0 Å². The zero-order chi connectivity index (χ0) is 12.5. The number of rotatable bonds is 10. The quantitative estimate of drug-likeness (QED) is 0.254. The fraction of sp³-hybridized carbons (Fsp3) is 0.875. The van der Waals surface area contributed by atoms with Gasteiger partial charge in [0.15, 0.2) is 0 Å². The molecule has 0 unspecified atom stereocenters. The summed E-state index contributed by atoms with van der Waals surface area (Å²) in [5.41, 5.74) is 0. The minimum Gasteiger partial charge on any atom is -0.343 e. The van der Waals surface area contributed by atoms with Gasteiger partial charge in [-0.1, -0.05) is 72.1 Å². The van der Waals surface area contributed by atoms with E-state index in [2.05, 4.69) is 34.1 Å². The number of hydrogen-bond acceptors (Lipinski definition) is 0. The summed E-state index contributed by atoms with van der Waals surface area (Å²) in [5.74, 6) is 0. The van der Waals surface area contributed by atoms with E-state index in [0.29, 0.717) is 0 Å². The second-order valence-electron chi connectivity index (χ2n) is 4.49. The average molecular weight is 251 g/mol. The van der Waals surface area contributed by atoms with Crippen LogP contribution >= 0.6 is 0 Å². The Kier molecular flexibility index (Phi) is 34.5. The van der Waals surface area contributed by atoms with Gasteiger partial charge in [0.2, 0.25) is 0 Å². The Labute approximate surface area is 127 Å². The Bertz CT molecular complexity index is 79.5. The maximum Gasteiger partial charge on any atom is 2.00 e. The molecule has 0 radical (unpaired) electrons. The standard InChI is InChI=1S/C12H25.C4H9.Mg/c1-3-5-7-9-11-12-10-8-6-4-2;1-3-4-2;/h7H,3-6,8-12H2,1-2H3;1,3-4H2,2H3;/q2*-1;+2. The van der Waals surface area contributed by atoms with E-state index in [-0.39, 0.29) is 23.1 Å². The first-order chi connectivity index (χ1) is 7.83. The molecule has 0 amide bonds. The minimum absolute atomic E-state index is 0. The molecule has 1 heteroatoms. The van der Waals surface area contributed by atoms with Gasteiger partial charge in [-0.25, -0.2) is 0 Å². The minimum atomic E-state index is 0. The first kappa shape index (κ1) is 22.9. The van der Waals surface area contributed by atoms with Gasteiger partial charge in [-0.3, -0.25) is 0 Å². The normalized spacial score (nSPS) is 9.18. The topological polar surface area (TPSA) is 0 Å². The third-order valence-corrected chi connectivity index (χ3v) is 2.61. The van der Waals surface area contributed by atoms with E-state index in [1.807, 2.05) is 0 Å². The molecule has 0 spiro atoms. The molecule has 0 aliphatic carbocycles. The Morgan fingerprint density at radius 1 is 0.706 bits per heavy atom. The molecule has 0 heterocycles. The van der Waals surface area contributed by atoms with Crippen LogP contribution in [0.25, 0.3) is 0 Å². The third kappa shape index (κ3) is 31.5. The second kappa shape index (κ2) is 25.6. The van der Waals surface area contributed by atoms with Crippen LogP contribution in [0.2, 0.25) is 0 Å². The zero-order valence-electron chi connectivity index (χ0n) is 12.8. The fourth-order valence-electron chi connectivity index (χ4n) is 1.42. The molecule has 0 aliphatic rings. The average Bonchev–Trinajstić information content (AvgIpc) is 2.33. The molecule has 0 fully saturated rings. The van der Waals surface area contributed by atoms with Crippen molar-refractivity contribution in [3.8, 4) is 0 Å². The zero-order valence-corrected chi connectivity index (χ0v) is 14.2. The number of hydrogen-bond donors (Lipinski definition) is 0. The molecule has 0 aromatic rings. The van der Waals surface area contributed by atoms with Crippen molar-refractivity contribution in [3.05, 3.63) is 13.3 Å². The van der Waals surface area contributed by atoms with Crippen molar-refractivity contribution in [1.29, 1.82) is 0 Å². The SMILES string of the molecule is CCC[CH-]CCCCCCCC.[CH2-]CCC.[Mg+2]. The van der Waals surface area contributed by atoms with Gasteiger partial charge in [0.05, 0.1) is 0 Å². The smallest absolute Gasteiger partial charge is 0.343 e. The Morgan fingerprint density at radius 2 is 1.24 bits per heavy atom. The van der Waals surface area contributed by atoms with E-state index in [1.54, 1.807) is 0 Å². The molecular formula is C16H34Mg. The maximum absolute atomic E-state index is 3.60. The fourth-order valence-corrected chi connectivity index (χ4v) is 1.42. The van der Waals surface area contributed by atoms with E-state index in [9.17, 15) is 0 Å². The second-order valence-corrected chi connectivity index (χ2v) is 4.49. The van der Waals surface area contributed by atoms with Gasteiger partial charge >= 0.3 is 23.1 Å². The Hall–Kier alpha value is 0.766. The van der Waals surface area contributed by atoms with Crippen LogP contribution in [0.4, 0.5) is 0 Å². The Morgan fingerprint density at radius 3 is 1.71 bits per heavy atom. The molecular weight excluding hydrogens is 216 g/mol. The molecule has 0 atom stereocenters. The summed E-state index contributed by atoms with van der Waals surface area (Å²) >= 11 is 0. The van der Waals surface area contributed by atoms with Crippen LogP contribution in [0.3, 0.4) is 0 Å². The first-order valence-corrected chi connectivity index (χ1v) is 7.44. The molecule has 0 saturated heterocycles. The summed E-state index contributed by atoms with van der Waals surface area (Å²) in [5, 5.41) is 0. The van der Waals surface area contributed by atoms with Crippen molar-refractivity contribution >= 4 is 23.1 Å². The van der Waals surface area contributed by atoms with Gasteiger partial charge in [0.25, 0.3) is 0 Å². The van der Waals surface area contributed by atoms with E-state index in [4.69, 9.17) is 0 Å². The summed E-state index contributed by atoms with van der Waals surface area (Å²) in [6, 6.07) is 0. The molecule has 0 nitrogen and oxygen atoms in total. The molecule has 0 aliphatic heterocycles. The molecule has 100 valence electrons. The monoisotopic (exact) mass is 250 g/mol. The van der Waals surface area contributed by atoms with Crippen LogP contribution in [-0.2, 0) is 0 Å². The molecule has 17 heavy (non-hydrogen) atoms. The molecule has 0 aromatic heterocycles. The predicted molar refractivity (Wildman–Crippen MR) is 83.2 cm³/mol. The molecule has 0 N–H and O–H groups in total. The van der Waals surface area contributed by atoms with Crippen LogP contribution in [0, 0.1) is 13.3 Å². The van der Waals surface area contributed by atoms with Crippen molar-refractivity contribution in [2.75, 3.05) is 0 Å². The van der Waals surface area contributed by atoms with Gasteiger partial charge in [0.1, 0.15) is 0 Å². The van der Waals surface area contributed by atoms with Crippen molar-refractivity contribution in [2.45, 2.75) is 91.4 Å². The van der Waals surface area contributed by atoms with Gasteiger partial charge in [-0.2, -0.15) is 19.3 Å². The largest absolute Gasteiger partial charge is 2.00 e. The molecule has 0 aromatic carbocycles. The summed E-state index contributed by atoms with van der Waals surface area (Å²) in [6.07, 6.45) is 17.3. The van der Waals surface area contributed by atoms with Gasteiger partial charge in [-0.15, -0.1) is 0 Å². The van der Waals surface area contributed by atoms with Crippen molar-refractivity contribution in [2.24, 2.45) is 0 Å². The first-order valence-electron chi connectivity index (χ1n) is 7.44. The van der Waals surface area contributed by atoms with Crippen molar-refractivity contribution < 1.29 is 0 Å². The van der Waals surface area contributed by atoms with E-state index < -0.39 is 0 Å². The molecule has 0 bridgehead atoms. The Balaban J connectivity index is -0.000000340. The van der Waals surface area contributed by atoms with E-state index in [1.165, 1.54) is 64.2 Å². The van der Waals surface area contributed by atoms with Crippen LogP contribution in [0.15, 0.2) is 0 Å².